The third-order valence-electron chi connectivity index (χ3n) is 4.71. The van der Waals surface area contributed by atoms with Crippen molar-refractivity contribution in [2.45, 2.75) is 50.0 Å². The van der Waals surface area contributed by atoms with E-state index in [4.69, 9.17) is 0 Å². The van der Waals surface area contributed by atoms with Crippen LogP contribution in [0.5, 0.6) is 0 Å². The van der Waals surface area contributed by atoms with Crippen LogP contribution in [0.2, 0.25) is 0 Å². The highest BCUT2D eigenvalue weighted by Gasteiger charge is 2.31. The van der Waals surface area contributed by atoms with Crippen LogP contribution in [0.1, 0.15) is 44.1 Å². The Labute approximate surface area is 174 Å². The summed E-state index contributed by atoms with van der Waals surface area (Å²) in [4.78, 5) is 12.0. The van der Waals surface area contributed by atoms with Crippen LogP contribution < -0.4 is 9.62 Å². The van der Waals surface area contributed by atoms with Crippen molar-refractivity contribution in [3.05, 3.63) is 29.8 Å². The Bertz CT molecular complexity index is 779. The average molecular weight is 453 g/mol. The quantitative estimate of drug-likeness (QED) is 0.544. The van der Waals surface area contributed by atoms with Gasteiger partial charge in [-0.2, -0.15) is 24.9 Å². The first-order valence-electron chi connectivity index (χ1n) is 9.60. The van der Waals surface area contributed by atoms with Gasteiger partial charge in [-0.25, -0.2) is 8.42 Å². The molecule has 10 heteroatoms. The van der Waals surface area contributed by atoms with Gasteiger partial charge in [0.1, 0.15) is 0 Å². The SMILES string of the molecule is CS(=O)(=O)N(CCCC(=O)NCCSC1CCCC1)c1cccc(C(F)(F)F)c1. The van der Waals surface area contributed by atoms with Crippen molar-refractivity contribution < 1.29 is 26.4 Å². The highest BCUT2D eigenvalue weighted by molar-refractivity contribution is 7.99. The molecule has 0 saturated heterocycles. The summed E-state index contributed by atoms with van der Waals surface area (Å²) in [5.41, 5.74) is -0.975. The lowest BCUT2D eigenvalue weighted by Crippen LogP contribution is -2.32. The van der Waals surface area contributed by atoms with Crippen LogP contribution in [0.4, 0.5) is 18.9 Å². The Hall–Kier alpha value is -1.42. The number of rotatable bonds is 10. The van der Waals surface area contributed by atoms with E-state index < -0.39 is 21.8 Å². The van der Waals surface area contributed by atoms with E-state index >= 15 is 0 Å². The molecular formula is C19H27F3N2O3S2. The third-order valence-corrected chi connectivity index (χ3v) is 7.28. The zero-order chi connectivity index (χ0) is 21.5. The number of carbonyl (C=O) groups is 1. The molecule has 1 amide bonds. The first kappa shape index (κ1) is 23.9. The van der Waals surface area contributed by atoms with Gasteiger partial charge in [0.25, 0.3) is 0 Å². The normalized spacial score (nSPS) is 15.4. The third kappa shape index (κ3) is 8.08. The molecule has 5 nitrogen and oxygen atoms in total. The fraction of sp³-hybridized carbons (Fsp3) is 0.632. The Kier molecular flexibility index (Phi) is 8.69. The largest absolute Gasteiger partial charge is 0.416 e. The second-order valence-corrected chi connectivity index (χ2v) is 10.4. The summed E-state index contributed by atoms with van der Waals surface area (Å²) in [6.45, 7) is 0.494. The average Bonchev–Trinajstić information content (AvgIpc) is 3.14. The van der Waals surface area contributed by atoms with E-state index in [9.17, 15) is 26.4 Å². The summed E-state index contributed by atoms with van der Waals surface area (Å²) < 4.78 is 63.7. The molecule has 164 valence electrons. The molecule has 1 aromatic rings. The zero-order valence-electron chi connectivity index (χ0n) is 16.4. The molecular weight excluding hydrogens is 425 g/mol. The minimum Gasteiger partial charge on any atom is -0.355 e. The van der Waals surface area contributed by atoms with Crippen molar-refractivity contribution in [2.75, 3.05) is 29.4 Å². The minimum absolute atomic E-state index is 0.0595. The second-order valence-electron chi connectivity index (χ2n) is 7.11. The number of nitrogens with zero attached hydrogens (tertiary/aromatic N) is 1. The predicted molar refractivity (Wildman–Crippen MR) is 111 cm³/mol. The first-order chi connectivity index (χ1) is 13.6. The first-order valence-corrected chi connectivity index (χ1v) is 12.5. The number of hydrogen-bond donors (Lipinski definition) is 1. The molecule has 1 saturated carbocycles. The second kappa shape index (κ2) is 10.6. The van der Waals surface area contributed by atoms with E-state index in [1.54, 1.807) is 0 Å². The zero-order valence-corrected chi connectivity index (χ0v) is 18.0. The molecule has 0 bridgehead atoms. The van der Waals surface area contributed by atoms with Crippen molar-refractivity contribution in [2.24, 2.45) is 0 Å². The van der Waals surface area contributed by atoms with Crippen LogP contribution in [0.3, 0.4) is 0 Å². The van der Waals surface area contributed by atoms with Gasteiger partial charge in [-0.1, -0.05) is 18.9 Å². The van der Waals surface area contributed by atoms with Crippen molar-refractivity contribution in [1.82, 2.24) is 5.32 Å². The summed E-state index contributed by atoms with van der Waals surface area (Å²) in [5, 5.41) is 3.49. The van der Waals surface area contributed by atoms with Crippen LogP contribution in [0.25, 0.3) is 0 Å². The molecule has 1 aliphatic rings. The lowest BCUT2D eigenvalue weighted by molar-refractivity contribution is -0.137. The maximum Gasteiger partial charge on any atom is 0.416 e. The molecule has 0 heterocycles. The molecule has 1 aliphatic carbocycles. The number of hydrogen-bond acceptors (Lipinski definition) is 4. The maximum absolute atomic E-state index is 12.9. The Morgan fingerprint density at radius 1 is 1.28 bits per heavy atom. The molecule has 0 radical (unpaired) electrons. The number of nitrogens with one attached hydrogen (secondary N) is 1. The highest BCUT2D eigenvalue weighted by atomic mass is 32.2. The van der Waals surface area contributed by atoms with Crippen LogP contribution in [0.15, 0.2) is 24.3 Å². The van der Waals surface area contributed by atoms with Crippen molar-refractivity contribution in [1.29, 1.82) is 0 Å². The van der Waals surface area contributed by atoms with Crippen LogP contribution in [0, 0.1) is 0 Å². The molecule has 1 N–H and O–H groups in total. The number of benzene rings is 1. The van der Waals surface area contributed by atoms with E-state index in [1.165, 1.54) is 37.8 Å². The summed E-state index contributed by atoms with van der Waals surface area (Å²) in [6, 6.07) is 4.18. The number of alkyl halides is 3. The minimum atomic E-state index is -4.56. The standard InChI is InChI=1S/C19H27F3N2O3S2/c1-29(26,27)24(16-7-4-6-15(14-16)19(20,21)22)12-5-10-18(25)23-11-13-28-17-8-2-3-9-17/h4,6-7,14,17H,2-3,5,8-13H2,1H3,(H,23,25). The lowest BCUT2D eigenvalue weighted by atomic mass is 10.2. The Balaban J connectivity index is 1.82. The Morgan fingerprint density at radius 2 is 1.97 bits per heavy atom. The number of halogens is 3. The van der Waals surface area contributed by atoms with Crippen LogP contribution >= 0.6 is 11.8 Å². The number of anilines is 1. The highest BCUT2D eigenvalue weighted by Crippen LogP contribution is 2.32. The van der Waals surface area contributed by atoms with Gasteiger partial charge >= 0.3 is 6.18 Å². The molecule has 1 fully saturated rings. The van der Waals surface area contributed by atoms with Gasteiger partial charge in [-0.05, 0) is 37.5 Å². The van der Waals surface area contributed by atoms with Crippen LogP contribution in [-0.4, -0.2) is 44.7 Å². The molecule has 0 atom stereocenters. The number of sulfonamides is 1. The predicted octanol–water partition coefficient (Wildman–Crippen LogP) is 4.04. The van der Waals surface area contributed by atoms with Crippen LogP contribution in [-0.2, 0) is 21.0 Å². The monoisotopic (exact) mass is 452 g/mol. The van der Waals surface area contributed by atoms with E-state index in [1.807, 2.05) is 11.8 Å². The van der Waals surface area contributed by atoms with Gasteiger partial charge in [-0.15, -0.1) is 0 Å². The van der Waals surface area contributed by atoms with Crippen molar-refractivity contribution >= 4 is 33.4 Å². The Morgan fingerprint density at radius 3 is 2.59 bits per heavy atom. The summed E-state index contributed by atoms with van der Waals surface area (Å²) in [7, 11) is -3.78. The molecule has 2 rings (SSSR count). The summed E-state index contributed by atoms with van der Waals surface area (Å²) >= 11 is 1.86. The van der Waals surface area contributed by atoms with Crippen molar-refractivity contribution in [3.8, 4) is 0 Å². The number of carbonyl (C=O) groups excluding carboxylic acids is 1. The number of thioether (sulfide) groups is 1. The van der Waals surface area contributed by atoms with Gasteiger partial charge < -0.3 is 5.32 Å². The molecule has 0 unspecified atom stereocenters. The van der Waals surface area contributed by atoms with Crippen molar-refractivity contribution in [3.63, 3.8) is 0 Å². The fourth-order valence-electron chi connectivity index (χ4n) is 3.27. The molecule has 0 aromatic heterocycles. The van der Waals surface area contributed by atoms with E-state index in [-0.39, 0.29) is 31.0 Å². The van der Waals surface area contributed by atoms with E-state index in [2.05, 4.69) is 5.32 Å². The topological polar surface area (TPSA) is 66.5 Å². The van der Waals surface area contributed by atoms with Gasteiger partial charge in [0.05, 0.1) is 17.5 Å². The molecule has 0 aliphatic heterocycles. The number of amides is 1. The maximum atomic E-state index is 12.9. The molecule has 0 spiro atoms. The van der Waals surface area contributed by atoms with E-state index in [0.717, 1.165) is 28.4 Å². The molecule has 29 heavy (non-hydrogen) atoms. The fourth-order valence-corrected chi connectivity index (χ4v) is 5.44. The van der Waals surface area contributed by atoms with Gasteiger partial charge in [0.2, 0.25) is 15.9 Å². The summed E-state index contributed by atoms with van der Waals surface area (Å²) in [5.74, 6) is 0.658. The smallest absolute Gasteiger partial charge is 0.355 e. The lowest BCUT2D eigenvalue weighted by Gasteiger charge is -2.23. The van der Waals surface area contributed by atoms with E-state index in [0.29, 0.717) is 11.8 Å². The van der Waals surface area contributed by atoms with Gasteiger partial charge in [0.15, 0.2) is 0 Å². The van der Waals surface area contributed by atoms with Gasteiger partial charge in [0, 0.05) is 30.5 Å². The summed E-state index contributed by atoms with van der Waals surface area (Å²) in [6.07, 6.45) is 1.71. The van der Waals surface area contributed by atoms with Gasteiger partial charge in [-0.3, -0.25) is 9.10 Å². The molecule has 1 aromatic carbocycles.